The molecular formula is C30H49IO2. The fourth-order valence-corrected chi connectivity index (χ4v) is 9.16. The first-order chi connectivity index (χ1) is 15.6. The zero-order chi connectivity index (χ0) is 24.0. The molecule has 0 saturated heterocycles. The first-order valence-corrected chi connectivity index (χ1v) is 15.3. The smallest absolute Gasteiger partial charge is 0.318 e. The molecule has 0 aromatic carbocycles. The number of carbonyl (C=O) groups is 1. The molecule has 33 heavy (non-hydrogen) atoms. The molecule has 2 nitrogen and oxygen atoms in total. The Morgan fingerprint density at radius 1 is 1.06 bits per heavy atom. The monoisotopic (exact) mass is 568 g/mol. The fraction of sp³-hybridized carbons (Fsp3) is 0.900. The average Bonchev–Trinajstić information content (AvgIpc) is 3.11. The van der Waals surface area contributed by atoms with Crippen LogP contribution in [0.4, 0.5) is 0 Å². The minimum atomic E-state index is -0.0558. The van der Waals surface area contributed by atoms with Crippen LogP contribution in [0.3, 0.4) is 0 Å². The molecule has 3 saturated carbocycles. The predicted molar refractivity (Wildman–Crippen MR) is 146 cm³/mol. The summed E-state index contributed by atoms with van der Waals surface area (Å²) in [6, 6.07) is 0. The molecule has 0 aromatic rings. The lowest BCUT2D eigenvalue weighted by molar-refractivity contribution is -0.150. The summed E-state index contributed by atoms with van der Waals surface area (Å²) in [5, 5.41) is 0. The minimum Gasteiger partial charge on any atom is -0.461 e. The summed E-state index contributed by atoms with van der Waals surface area (Å²) >= 11 is 2.17. The Morgan fingerprint density at radius 3 is 2.52 bits per heavy atom. The summed E-state index contributed by atoms with van der Waals surface area (Å²) in [7, 11) is 0. The standard InChI is InChI=1S/C30H49IO2/c1-19(2)8-7-9-20(3)25-12-13-26-24-11-10-22-18-23(33-28(32)21(4)31)14-16-29(22,5)27(24)15-17-30(25,26)6/h10,19-21,23-27H,7-9,11-18H2,1-6H3/t20-,21-,23-,24+,25-,26+,27+,29+,30-/m1/s1. The summed E-state index contributed by atoms with van der Waals surface area (Å²) in [4.78, 5) is 12.2. The van der Waals surface area contributed by atoms with Gasteiger partial charge in [0.1, 0.15) is 10.0 Å². The van der Waals surface area contributed by atoms with Gasteiger partial charge in [-0.3, -0.25) is 4.79 Å². The van der Waals surface area contributed by atoms with Crippen LogP contribution in [0.25, 0.3) is 0 Å². The number of alkyl halides is 1. The molecule has 0 amide bonds. The highest BCUT2D eigenvalue weighted by molar-refractivity contribution is 14.1. The van der Waals surface area contributed by atoms with Gasteiger partial charge in [0.15, 0.2) is 0 Å². The molecule has 0 aromatic heterocycles. The van der Waals surface area contributed by atoms with Gasteiger partial charge in [-0.25, -0.2) is 0 Å². The van der Waals surface area contributed by atoms with Gasteiger partial charge >= 0.3 is 5.97 Å². The van der Waals surface area contributed by atoms with Gasteiger partial charge in [0, 0.05) is 6.42 Å². The Labute approximate surface area is 217 Å². The first kappa shape index (κ1) is 26.0. The number of rotatable bonds is 7. The highest BCUT2D eigenvalue weighted by Gasteiger charge is 2.59. The van der Waals surface area contributed by atoms with E-state index in [9.17, 15) is 4.79 Å². The molecule has 0 unspecified atom stereocenters. The highest BCUT2D eigenvalue weighted by atomic mass is 127. The number of ether oxygens (including phenoxy) is 1. The van der Waals surface area contributed by atoms with Gasteiger partial charge in [-0.05, 0) is 98.2 Å². The molecule has 0 bridgehead atoms. The van der Waals surface area contributed by atoms with Crippen molar-refractivity contribution < 1.29 is 9.53 Å². The van der Waals surface area contributed by atoms with E-state index in [0.29, 0.717) is 10.8 Å². The Balaban J connectivity index is 1.45. The SMILES string of the molecule is CC(C)CCC[C@@H](C)[C@H]1CC[C@H]2[C@@H]3CC=C4C[C@H](OC(=O)[C@@H](C)I)CC[C@]4(C)[C@H]3CC[C@]12C. The second kappa shape index (κ2) is 10.1. The number of hydrogen-bond donors (Lipinski definition) is 0. The summed E-state index contributed by atoms with van der Waals surface area (Å²) in [6.45, 7) is 14.5. The molecule has 0 radical (unpaired) electrons. The fourth-order valence-electron chi connectivity index (χ4n) is 9.01. The summed E-state index contributed by atoms with van der Waals surface area (Å²) in [6.07, 6.45) is 17.2. The van der Waals surface area contributed by atoms with Gasteiger partial charge in [0.2, 0.25) is 0 Å². The molecule has 4 aliphatic rings. The van der Waals surface area contributed by atoms with Gasteiger partial charge < -0.3 is 4.74 Å². The van der Waals surface area contributed by atoms with E-state index in [-0.39, 0.29) is 16.0 Å². The second-order valence-corrected chi connectivity index (χ2v) is 15.1. The van der Waals surface area contributed by atoms with Crippen molar-refractivity contribution in [1.82, 2.24) is 0 Å². The van der Waals surface area contributed by atoms with E-state index in [0.717, 1.165) is 48.3 Å². The maximum Gasteiger partial charge on any atom is 0.318 e. The van der Waals surface area contributed by atoms with Crippen LogP contribution in [-0.2, 0) is 9.53 Å². The van der Waals surface area contributed by atoms with Crippen LogP contribution in [0.15, 0.2) is 11.6 Å². The maximum atomic E-state index is 12.2. The molecule has 4 rings (SSSR count). The molecule has 0 spiro atoms. The first-order valence-electron chi connectivity index (χ1n) is 14.1. The van der Waals surface area contributed by atoms with Gasteiger partial charge in [-0.15, -0.1) is 0 Å². The van der Waals surface area contributed by atoms with Gasteiger partial charge in [0.05, 0.1) is 0 Å². The molecule has 4 aliphatic carbocycles. The van der Waals surface area contributed by atoms with Crippen molar-refractivity contribution in [2.24, 2.45) is 46.3 Å². The third-order valence-corrected chi connectivity index (χ3v) is 11.4. The number of hydrogen-bond acceptors (Lipinski definition) is 2. The Kier molecular flexibility index (Phi) is 7.99. The van der Waals surface area contributed by atoms with E-state index in [4.69, 9.17) is 4.74 Å². The Hall–Kier alpha value is -0.0600. The Bertz CT molecular complexity index is 742. The lowest BCUT2D eigenvalue weighted by Crippen LogP contribution is -2.51. The largest absolute Gasteiger partial charge is 0.461 e. The van der Waals surface area contributed by atoms with Crippen LogP contribution in [0.5, 0.6) is 0 Å². The van der Waals surface area contributed by atoms with Crippen molar-refractivity contribution >= 4 is 28.6 Å². The van der Waals surface area contributed by atoms with Crippen molar-refractivity contribution in [1.29, 1.82) is 0 Å². The van der Waals surface area contributed by atoms with Crippen molar-refractivity contribution in [2.45, 2.75) is 122 Å². The lowest BCUT2D eigenvalue weighted by atomic mass is 9.47. The number of esters is 1. The predicted octanol–water partition coefficient (Wildman–Crippen LogP) is 8.76. The number of allylic oxidation sites excluding steroid dienone is 1. The maximum absolute atomic E-state index is 12.2. The summed E-state index contributed by atoms with van der Waals surface area (Å²) in [5.41, 5.74) is 2.52. The van der Waals surface area contributed by atoms with E-state index in [1.54, 1.807) is 5.57 Å². The molecule has 0 N–H and O–H groups in total. The molecular weight excluding hydrogens is 519 g/mol. The summed E-state index contributed by atoms with van der Waals surface area (Å²) < 4.78 is 5.81. The van der Waals surface area contributed by atoms with E-state index in [1.807, 2.05) is 6.92 Å². The quantitative estimate of drug-likeness (QED) is 0.133. The molecule has 0 heterocycles. The zero-order valence-electron chi connectivity index (χ0n) is 22.2. The number of halogens is 1. The highest BCUT2D eigenvalue weighted by Crippen LogP contribution is 2.67. The molecule has 3 fully saturated rings. The second-order valence-electron chi connectivity index (χ2n) is 13.2. The van der Waals surface area contributed by atoms with Crippen molar-refractivity contribution in [3.05, 3.63) is 11.6 Å². The number of carbonyl (C=O) groups excluding carboxylic acids is 1. The number of fused-ring (bicyclic) bond motifs is 5. The van der Waals surface area contributed by atoms with Gasteiger partial charge in [0.25, 0.3) is 0 Å². The van der Waals surface area contributed by atoms with Crippen LogP contribution in [0.1, 0.15) is 112 Å². The Morgan fingerprint density at radius 2 is 1.82 bits per heavy atom. The van der Waals surface area contributed by atoms with Crippen LogP contribution in [0, 0.1) is 46.3 Å². The normalized spacial score (nSPS) is 42.1. The topological polar surface area (TPSA) is 26.3 Å². The van der Waals surface area contributed by atoms with Crippen LogP contribution < -0.4 is 0 Å². The van der Waals surface area contributed by atoms with Crippen LogP contribution >= 0.6 is 22.6 Å². The van der Waals surface area contributed by atoms with Crippen LogP contribution in [0.2, 0.25) is 0 Å². The molecule has 0 aliphatic heterocycles. The van der Waals surface area contributed by atoms with Crippen LogP contribution in [-0.4, -0.2) is 16.0 Å². The molecule has 188 valence electrons. The zero-order valence-corrected chi connectivity index (χ0v) is 24.3. The van der Waals surface area contributed by atoms with Crippen molar-refractivity contribution in [2.75, 3.05) is 0 Å². The van der Waals surface area contributed by atoms with Crippen molar-refractivity contribution in [3.8, 4) is 0 Å². The summed E-state index contributed by atoms with van der Waals surface area (Å²) in [5.74, 6) is 5.24. The third kappa shape index (κ3) is 4.96. The van der Waals surface area contributed by atoms with E-state index >= 15 is 0 Å². The lowest BCUT2D eigenvalue weighted by Gasteiger charge is -2.58. The van der Waals surface area contributed by atoms with Crippen molar-refractivity contribution in [3.63, 3.8) is 0 Å². The molecule has 9 atom stereocenters. The van der Waals surface area contributed by atoms with E-state index in [2.05, 4.69) is 63.3 Å². The van der Waals surface area contributed by atoms with E-state index in [1.165, 1.54) is 57.8 Å². The minimum absolute atomic E-state index is 0.0357. The van der Waals surface area contributed by atoms with Gasteiger partial charge in [-0.1, -0.05) is 88.1 Å². The molecule has 3 heteroatoms. The van der Waals surface area contributed by atoms with E-state index < -0.39 is 0 Å². The third-order valence-electron chi connectivity index (χ3n) is 10.9. The van der Waals surface area contributed by atoms with Gasteiger partial charge in [-0.2, -0.15) is 0 Å². The average molecular weight is 569 g/mol.